The molecule has 3 aromatic carbocycles. The van der Waals surface area contributed by atoms with Crippen LogP contribution < -0.4 is 0 Å². The van der Waals surface area contributed by atoms with Crippen molar-refractivity contribution in [3.63, 3.8) is 0 Å². The van der Waals surface area contributed by atoms with Gasteiger partial charge in [-0.1, -0.05) is 44.2 Å². The summed E-state index contributed by atoms with van der Waals surface area (Å²) in [4.78, 5) is 1.03. The Morgan fingerprint density at radius 2 is 1.57 bits per heavy atom. The van der Waals surface area contributed by atoms with E-state index >= 15 is 0 Å². The van der Waals surface area contributed by atoms with E-state index in [1.165, 1.54) is 39.9 Å². The molecule has 0 aromatic heterocycles. The molecule has 0 amide bonds. The Morgan fingerprint density at radius 3 is 2.21 bits per heavy atom. The second kappa shape index (κ2) is 6.50. The molecule has 2 fully saturated rings. The summed E-state index contributed by atoms with van der Waals surface area (Å²) in [7, 11) is 0. The first-order valence-electron chi connectivity index (χ1n) is 10.7. The van der Waals surface area contributed by atoms with Crippen molar-refractivity contribution >= 4 is 34.2 Å². The van der Waals surface area contributed by atoms with E-state index in [-0.39, 0.29) is 5.60 Å². The minimum Gasteiger partial charge on any atom is -0.367 e. The molecule has 2 saturated carbocycles. The highest BCUT2D eigenvalue weighted by Crippen LogP contribution is 2.54. The summed E-state index contributed by atoms with van der Waals surface area (Å²) in [5, 5.41) is 5.01. The van der Waals surface area contributed by atoms with Gasteiger partial charge in [-0.3, -0.25) is 0 Å². The van der Waals surface area contributed by atoms with E-state index in [1.54, 1.807) is 0 Å². The van der Waals surface area contributed by atoms with E-state index in [0.717, 1.165) is 28.6 Å². The molecule has 28 heavy (non-hydrogen) atoms. The number of ether oxygens (including phenoxy) is 1. The van der Waals surface area contributed by atoms with Crippen LogP contribution in [-0.2, 0) is 10.3 Å². The molecule has 2 heteroatoms. The Labute approximate surface area is 173 Å². The molecule has 0 saturated heterocycles. The maximum atomic E-state index is 6.87. The van der Waals surface area contributed by atoms with Crippen LogP contribution in [0.3, 0.4) is 0 Å². The van der Waals surface area contributed by atoms with Crippen molar-refractivity contribution in [2.45, 2.75) is 57.1 Å². The van der Waals surface area contributed by atoms with Gasteiger partial charge in [0.25, 0.3) is 0 Å². The third kappa shape index (κ3) is 2.80. The molecular weight excluding hydrogens is 360 g/mol. The van der Waals surface area contributed by atoms with Crippen LogP contribution in [0.25, 0.3) is 21.5 Å². The molecule has 3 aromatic rings. The molecule has 2 bridgehead atoms. The number of thiol groups is 1. The van der Waals surface area contributed by atoms with Gasteiger partial charge in [-0.25, -0.2) is 0 Å². The van der Waals surface area contributed by atoms with Crippen LogP contribution in [0.15, 0.2) is 53.4 Å². The predicted molar refractivity (Wildman–Crippen MR) is 121 cm³/mol. The summed E-state index contributed by atoms with van der Waals surface area (Å²) < 4.78 is 6.87. The lowest BCUT2D eigenvalue weighted by Gasteiger charge is -2.38. The lowest BCUT2D eigenvalue weighted by atomic mass is 9.80. The van der Waals surface area contributed by atoms with Crippen molar-refractivity contribution in [1.29, 1.82) is 0 Å². The molecule has 0 spiro atoms. The Bertz CT molecular complexity index is 1050. The fourth-order valence-electron chi connectivity index (χ4n) is 5.99. The molecule has 0 aliphatic heterocycles. The zero-order valence-electron chi connectivity index (χ0n) is 17.3. The van der Waals surface area contributed by atoms with Crippen molar-refractivity contribution in [2.24, 2.45) is 23.7 Å². The van der Waals surface area contributed by atoms with E-state index in [1.807, 2.05) is 0 Å². The maximum absolute atomic E-state index is 6.87. The summed E-state index contributed by atoms with van der Waals surface area (Å²) in [6, 6.07) is 17.5. The molecule has 0 radical (unpaired) electrons. The van der Waals surface area contributed by atoms with Crippen LogP contribution in [0.2, 0.25) is 0 Å². The van der Waals surface area contributed by atoms with Gasteiger partial charge in [0, 0.05) is 4.90 Å². The fraction of sp³-hybridized carbons (Fsp3) is 0.462. The van der Waals surface area contributed by atoms with Crippen molar-refractivity contribution in [3.05, 3.63) is 54.1 Å². The van der Waals surface area contributed by atoms with Gasteiger partial charge < -0.3 is 4.74 Å². The van der Waals surface area contributed by atoms with Crippen LogP contribution in [0, 0.1) is 23.7 Å². The molecule has 0 N–H and O–H groups in total. The number of benzene rings is 3. The first kappa shape index (κ1) is 18.5. The highest BCUT2D eigenvalue weighted by molar-refractivity contribution is 7.80. The third-order valence-corrected chi connectivity index (χ3v) is 8.18. The lowest BCUT2D eigenvalue weighted by Crippen LogP contribution is -2.36. The predicted octanol–water partition coefficient (Wildman–Crippen LogP) is 7.21. The van der Waals surface area contributed by atoms with E-state index < -0.39 is 0 Å². The van der Waals surface area contributed by atoms with Crippen LogP contribution in [-0.4, -0.2) is 6.10 Å². The molecule has 5 atom stereocenters. The van der Waals surface area contributed by atoms with E-state index in [0.29, 0.717) is 6.10 Å². The quantitative estimate of drug-likeness (QED) is 0.367. The number of fused-ring (bicyclic) bond motifs is 4. The summed E-state index contributed by atoms with van der Waals surface area (Å²) >= 11 is 4.75. The van der Waals surface area contributed by atoms with Gasteiger partial charge in [-0.05, 0) is 95.7 Å². The van der Waals surface area contributed by atoms with Crippen molar-refractivity contribution in [2.75, 3.05) is 0 Å². The van der Waals surface area contributed by atoms with Crippen molar-refractivity contribution in [3.8, 4) is 0 Å². The molecule has 2 aliphatic rings. The van der Waals surface area contributed by atoms with Crippen LogP contribution in [0.1, 0.15) is 46.1 Å². The summed E-state index contributed by atoms with van der Waals surface area (Å²) in [5.74, 6) is 3.19. The summed E-state index contributed by atoms with van der Waals surface area (Å²) in [5.41, 5.74) is 0.954. The Balaban J connectivity index is 1.56. The van der Waals surface area contributed by atoms with Gasteiger partial charge in [0.05, 0.1) is 11.7 Å². The maximum Gasteiger partial charge on any atom is 0.0885 e. The number of hydrogen-bond acceptors (Lipinski definition) is 2. The minimum atomic E-state index is -0.319. The lowest BCUT2D eigenvalue weighted by molar-refractivity contribution is -0.109. The SMILES string of the molecule is CC1C2CC(OC(C)(C)c3ccc(S)c4cc5ccccc5cc34)C(C2)C1C. The monoisotopic (exact) mass is 390 g/mol. The molecular formula is C26H30OS. The summed E-state index contributed by atoms with van der Waals surface area (Å²) in [6.07, 6.45) is 2.96. The zero-order chi connectivity index (χ0) is 19.6. The molecule has 0 heterocycles. The highest BCUT2D eigenvalue weighted by Gasteiger charge is 2.50. The standard InChI is InChI=1S/C26H30OS/c1-15-16(2)20-13-19(15)14-24(20)27-26(3,4)23-9-10-25(28)22-12-18-8-6-5-7-17(18)11-21(22)23/h5-12,15-16,19-20,24,28H,13-14H2,1-4H3. The van der Waals surface area contributed by atoms with Crippen molar-refractivity contribution in [1.82, 2.24) is 0 Å². The van der Waals surface area contributed by atoms with Crippen molar-refractivity contribution < 1.29 is 4.74 Å². The number of hydrogen-bond donors (Lipinski definition) is 1. The molecule has 146 valence electrons. The molecule has 2 aliphatic carbocycles. The average molecular weight is 391 g/mol. The third-order valence-electron chi connectivity index (χ3n) is 7.79. The van der Waals surface area contributed by atoms with Gasteiger partial charge in [0.15, 0.2) is 0 Å². The van der Waals surface area contributed by atoms with Gasteiger partial charge in [0.1, 0.15) is 0 Å². The van der Waals surface area contributed by atoms with Crippen LogP contribution >= 0.6 is 12.6 Å². The van der Waals surface area contributed by atoms with Crippen LogP contribution in [0.5, 0.6) is 0 Å². The second-order valence-corrected chi connectivity index (χ2v) is 10.1. The Hall–Kier alpha value is -1.51. The molecule has 1 nitrogen and oxygen atoms in total. The van der Waals surface area contributed by atoms with Gasteiger partial charge in [-0.15, -0.1) is 12.6 Å². The van der Waals surface area contributed by atoms with Gasteiger partial charge in [-0.2, -0.15) is 0 Å². The zero-order valence-corrected chi connectivity index (χ0v) is 18.2. The topological polar surface area (TPSA) is 9.23 Å². The van der Waals surface area contributed by atoms with E-state index in [9.17, 15) is 0 Å². The van der Waals surface area contributed by atoms with Crippen LogP contribution in [0.4, 0.5) is 0 Å². The Kier molecular flexibility index (Phi) is 4.30. The van der Waals surface area contributed by atoms with Gasteiger partial charge >= 0.3 is 0 Å². The summed E-state index contributed by atoms with van der Waals surface area (Å²) in [6.45, 7) is 9.35. The molecule has 5 rings (SSSR count). The largest absolute Gasteiger partial charge is 0.367 e. The Morgan fingerprint density at radius 1 is 0.893 bits per heavy atom. The smallest absolute Gasteiger partial charge is 0.0885 e. The normalized spacial score (nSPS) is 29.8. The minimum absolute atomic E-state index is 0.319. The van der Waals surface area contributed by atoms with E-state index in [4.69, 9.17) is 17.4 Å². The number of rotatable bonds is 3. The van der Waals surface area contributed by atoms with E-state index in [2.05, 4.69) is 76.2 Å². The fourth-order valence-corrected chi connectivity index (χ4v) is 6.25. The first-order valence-corrected chi connectivity index (χ1v) is 11.1. The first-order chi connectivity index (χ1) is 13.3. The molecule has 5 unspecified atom stereocenters. The second-order valence-electron chi connectivity index (χ2n) is 9.66. The van der Waals surface area contributed by atoms with Gasteiger partial charge in [0.2, 0.25) is 0 Å². The highest BCUT2D eigenvalue weighted by atomic mass is 32.1. The average Bonchev–Trinajstić information content (AvgIpc) is 3.19.